The normalized spacial score (nSPS) is 14.6. The fourth-order valence-electron chi connectivity index (χ4n) is 3.21. The lowest BCUT2D eigenvalue weighted by molar-refractivity contribution is -0.121. The van der Waals surface area contributed by atoms with Gasteiger partial charge in [0, 0.05) is 32.4 Å². The molecule has 1 N–H and O–H groups in total. The molecule has 0 atom stereocenters. The van der Waals surface area contributed by atoms with Crippen molar-refractivity contribution < 1.29 is 17.9 Å². The standard InChI is InChI=1S/C20H23N5O6S/c1-2-23-13-16(11-21)19(27)25(20(23)28)14-18(26)22-12-15-3-5-17(6-4-15)32(29,30)24-7-9-31-10-8-24/h3-6,13H,2,7-10,12,14H2,1H3,(H,22,26). The zero-order valence-electron chi connectivity index (χ0n) is 17.5. The highest BCUT2D eigenvalue weighted by Crippen LogP contribution is 2.17. The molecule has 170 valence electrons. The molecule has 1 fully saturated rings. The first-order valence-electron chi connectivity index (χ1n) is 9.96. The molecule has 1 amide bonds. The molecule has 0 unspecified atom stereocenters. The smallest absolute Gasteiger partial charge is 0.331 e. The second-order valence-corrected chi connectivity index (χ2v) is 8.99. The quantitative estimate of drug-likeness (QED) is 0.571. The number of sulfonamides is 1. The highest BCUT2D eigenvalue weighted by molar-refractivity contribution is 7.89. The van der Waals surface area contributed by atoms with E-state index in [9.17, 15) is 22.8 Å². The monoisotopic (exact) mass is 461 g/mol. The number of nitrogens with zero attached hydrogens (tertiary/aromatic N) is 4. The van der Waals surface area contributed by atoms with E-state index in [1.165, 1.54) is 27.2 Å². The minimum absolute atomic E-state index is 0.0748. The van der Waals surface area contributed by atoms with Gasteiger partial charge in [0.05, 0.1) is 18.1 Å². The molecule has 0 spiro atoms. The summed E-state index contributed by atoms with van der Waals surface area (Å²) >= 11 is 0. The number of nitriles is 1. The van der Waals surface area contributed by atoms with Crippen LogP contribution in [0.15, 0.2) is 44.9 Å². The van der Waals surface area contributed by atoms with E-state index < -0.39 is 33.7 Å². The maximum Gasteiger partial charge on any atom is 0.331 e. The first-order valence-corrected chi connectivity index (χ1v) is 11.4. The van der Waals surface area contributed by atoms with Crippen molar-refractivity contribution in [2.45, 2.75) is 31.5 Å². The number of aryl methyl sites for hydroxylation is 1. The molecule has 3 rings (SSSR count). The number of morpholine rings is 1. The third-order valence-electron chi connectivity index (χ3n) is 5.02. The first-order chi connectivity index (χ1) is 15.3. The van der Waals surface area contributed by atoms with Crippen LogP contribution in [0.25, 0.3) is 0 Å². The molecule has 1 aromatic heterocycles. The van der Waals surface area contributed by atoms with Crippen LogP contribution in [-0.4, -0.2) is 54.1 Å². The summed E-state index contributed by atoms with van der Waals surface area (Å²) in [6, 6.07) is 7.82. The number of aromatic nitrogens is 2. The number of nitrogens with one attached hydrogen (secondary N) is 1. The second-order valence-electron chi connectivity index (χ2n) is 7.05. The van der Waals surface area contributed by atoms with E-state index in [0.29, 0.717) is 31.9 Å². The van der Waals surface area contributed by atoms with Crippen molar-refractivity contribution in [3.05, 3.63) is 62.4 Å². The largest absolute Gasteiger partial charge is 0.379 e. The predicted octanol–water partition coefficient (Wildman–Crippen LogP) is -0.761. The summed E-state index contributed by atoms with van der Waals surface area (Å²) in [6.45, 7) is 2.77. The molecular weight excluding hydrogens is 438 g/mol. The summed E-state index contributed by atoms with van der Waals surface area (Å²) in [4.78, 5) is 37.0. The Hall–Kier alpha value is -3.27. The van der Waals surface area contributed by atoms with E-state index in [-0.39, 0.29) is 23.5 Å². The van der Waals surface area contributed by atoms with Crippen molar-refractivity contribution in [3.8, 4) is 6.07 Å². The molecule has 2 heterocycles. The van der Waals surface area contributed by atoms with Crippen LogP contribution in [0.4, 0.5) is 0 Å². The third kappa shape index (κ3) is 4.96. The maximum absolute atomic E-state index is 12.6. The van der Waals surface area contributed by atoms with E-state index >= 15 is 0 Å². The summed E-state index contributed by atoms with van der Waals surface area (Å²) in [6.07, 6.45) is 1.17. The van der Waals surface area contributed by atoms with Crippen molar-refractivity contribution >= 4 is 15.9 Å². The number of benzene rings is 1. The number of carbonyl (C=O) groups excluding carboxylic acids is 1. The fourth-order valence-corrected chi connectivity index (χ4v) is 4.62. The number of rotatable bonds is 7. The van der Waals surface area contributed by atoms with Gasteiger partial charge in [0.25, 0.3) is 5.56 Å². The van der Waals surface area contributed by atoms with E-state index in [4.69, 9.17) is 10.00 Å². The lowest BCUT2D eigenvalue weighted by atomic mass is 10.2. The number of carbonyl (C=O) groups is 1. The predicted molar refractivity (Wildman–Crippen MR) is 113 cm³/mol. The van der Waals surface area contributed by atoms with Crippen molar-refractivity contribution in [3.63, 3.8) is 0 Å². The van der Waals surface area contributed by atoms with Gasteiger partial charge in [-0.1, -0.05) is 12.1 Å². The van der Waals surface area contributed by atoms with Gasteiger partial charge in [-0.2, -0.15) is 9.57 Å². The molecule has 1 saturated heterocycles. The average molecular weight is 462 g/mol. The van der Waals surface area contributed by atoms with E-state index in [1.54, 1.807) is 25.1 Å². The van der Waals surface area contributed by atoms with Crippen LogP contribution in [0.2, 0.25) is 0 Å². The molecule has 0 radical (unpaired) electrons. The zero-order valence-corrected chi connectivity index (χ0v) is 18.3. The molecule has 1 aromatic carbocycles. The first kappa shape index (κ1) is 23.4. The zero-order chi connectivity index (χ0) is 23.3. The maximum atomic E-state index is 12.6. The Morgan fingerprint density at radius 3 is 2.44 bits per heavy atom. The molecule has 2 aromatic rings. The summed E-state index contributed by atoms with van der Waals surface area (Å²) in [5.41, 5.74) is -1.08. The Balaban J connectivity index is 1.67. The Kier molecular flexibility index (Phi) is 7.24. The lowest BCUT2D eigenvalue weighted by Gasteiger charge is -2.26. The van der Waals surface area contributed by atoms with Gasteiger partial charge in [0.2, 0.25) is 15.9 Å². The van der Waals surface area contributed by atoms with Gasteiger partial charge >= 0.3 is 5.69 Å². The summed E-state index contributed by atoms with van der Waals surface area (Å²) in [7, 11) is -3.61. The fraction of sp³-hybridized carbons (Fsp3) is 0.400. The van der Waals surface area contributed by atoms with Gasteiger partial charge in [0.1, 0.15) is 18.2 Å². The highest BCUT2D eigenvalue weighted by atomic mass is 32.2. The van der Waals surface area contributed by atoms with Gasteiger partial charge in [-0.05, 0) is 24.6 Å². The minimum atomic E-state index is -3.61. The molecule has 12 heteroatoms. The number of hydrogen-bond donors (Lipinski definition) is 1. The Labute approximate surface area is 184 Å². The van der Waals surface area contributed by atoms with Gasteiger partial charge in [0.15, 0.2) is 0 Å². The Morgan fingerprint density at radius 2 is 1.84 bits per heavy atom. The number of hydrogen-bond acceptors (Lipinski definition) is 7. The molecule has 0 aliphatic carbocycles. The average Bonchev–Trinajstić information content (AvgIpc) is 2.81. The van der Waals surface area contributed by atoms with Crippen molar-refractivity contribution in [1.29, 1.82) is 5.26 Å². The van der Waals surface area contributed by atoms with E-state index in [2.05, 4.69) is 5.32 Å². The molecule has 11 nitrogen and oxygen atoms in total. The van der Waals surface area contributed by atoms with Gasteiger partial charge in [-0.25, -0.2) is 17.8 Å². The van der Waals surface area contributed by atoms with Crippen LogP contribution in [0.1, 0.15) is 18.1 Å². The highest BCUT2D eigenvalue weighted by Gasteiger charge is 2.26. The van der Waals surface area contributed by atoms with Crippen molar-refractivity contribution in [2.24, 2.45) is 0 Å². The van der Waals surface area contributed by atoms with Gasteiger partial charge in [-0.15, -0.1) is 0 Å². The second kappa shape index (κ2) is 9.90. The SMILES string of the molecule is CCn1cc(C#N)c(=O)n(CC(=O)NCc2ccc(S(=O)(=O)N3CCOCC3)cc2)c1=O. The number of amides is 1. The van der Waals surface area contributed by atoms with Crippen LogP contribution >= 0.6 is 0 Å². The van der Waals surface area contributed by atoms with Gasteiger partial charge < -0.3 is 10.1 Å². The Morgan fingerprint density at radius 1 is 1.19 bits per heavy atom. The van der Waals surface area contributed by atoms with Crippen molar-refractivity contribution in [1.82, 2.24) is 18.8 Å². The molecular formula is C20H23N5O6S. The van der Waals surface area contributed by atoms with E-state index in [0.717, 1.165) is 4.57 Å². The molecule has 1 aliphatic rings. The topological polar surface area (TPSA) is 143 Å². The lowest BCUT2D eigenvalue weighted by Crippen LogP contribution is -2.44. The molecule has 32 heavy (non-hydrogen) atoms. The molecule has 1 aliphatic heterocycles. The summed E-state index contributed by atoms with van der Waals surface area (Å²) in [5, 5.41) is 11.7. The Bertz CT molecular complexity index is 1250. The molecule has 0 bridgehead atoms. The van der Waals surface area contributed by atoms with Crippen LogP contribution in [0.3, 0.4) is 0 Å². The summed E-state index contributed by atoms with van der Waals surface area (Å²) in [5.74, 6) is -0.591. The van der Waals surface area contributed by atoms with Crippen LogP contribution in [-0.2, 0) is 39.2 Å². The molecule has 0 saturated carbocycles. The number of ether oxygens (including phenoxy) is 1. The van der Waals surface area contributed by atoms with Crippen molar-refractivity contribution in [2.75, 3.05) is 26.3 Å². The minimum Gasteiger partial charge on any atom is -0.379 e. The van der Waals surface area contributed by atoms with Crippen LogP contribution in [0, 0.1) is 11.3 Å². The van der Waals surface area contributed by atoms with Crippen LogP contribution < -0.4 is 16.6 Å². The van der Waals surface area contributed by atoms with Crippen LogP contribution in [0.5, 0.6) is 0 Å². The summed E-state index contributed by atoms with van der Waals surface area (Å²) < 4.78 is 33.7. The van der Waals surface area contributed by atoms with E-state index in [1.807, 2.05) is 0 Å². The third-order valence-corrected chi connectivity index (χ3v) is 6.93. The van der Waals surface area contributed by atoms with Gasteiger partial charge in [-0.3, -0.25) is 14.2 Å².